The number of carbonyl (C=O) groups excluding carboxylic acids is 2. The van der Waals surface area contributed by atoms with Gasteiger partial charge in [0.15, 0.2) is 0 Å². The third-order valence-corrected chi connectivity index (χ3v) is 16.9. The molecular formula is C37H45IN5O6S-. The molecular weight excluding hydrogens is 769 g/mol. The number of amides is 2. The molecule has 6 aliphatic rings. The van der Waals surface area contributed by atoms with Crippen LogP contribution in [0.25, 0.3) is 22.2 Å². The number of rotatable bonds is 6. The Morgan fingerprint density at radius 3 is 2.58 bits per heavy atom. The van der Waals surface area contributed by atoms with E-state index in [1.54, 1.807) is 13.2 Å². The zero-order valence-electron chi connectivity index (χ0n) is 28.7. The monoisotopic (exact) mass is 814 g/mol. The number of benzene rings is 2. The minimum absolute atomic E-state index is 0.0802. The first-order valence-corrected chi connectivity index (χ1v) is 21.8. The van der Waals surface area contributed by atoms with Crippen molar-refractivity contribution in [2.75, 3.05) is 47.0 Å². The van der Waals surface area contributed by atoms with Gasteiger partial charge in [-0.2, -0.15) is 12.7 Å². The Bertz CT molecular complexity index is 1970. The second kappa shape index (κ2) is 12.5. The molecule has 0 radical (unpaired) electrons. The molecule has 1 N–H and O–H groups in total. The van der Waals surface area contributed by atoms with E-state index in [4.69, 9.17) is 9.47 Å². The van der Waals surface area contributed by atoms with Crippen LogP contribution in [0, 0.1) is 5.41 Å². The fourth-order valence-electron chi connectivity index (χ4n) is 9.63. The quantitative estimate of drug-likeness (QED) is 0.174. The van der Waals surface area contributed by atoms with E-state index in [1.165, 1.54) is 34.7 Å². The number of hydrogen-bond donors (Lipinski definition) is 1. The van der Waals surface area contributed by atoms with Gasteiger partial charge in [-0.1, -0.05) is 0 Å². The first-order chi connectivity index (χ1) is 24.2. The molecule has 2 bridgehead atoms. The number of nitrogens with one attached hydrogen (secondary N) is 1. The Hall–Kier alpha value is -2.72. The molecule has 268 valence electrons. The third-order valence-electron chi connectivity index (χ3n) is 12.2. The molecule has 1 aromatic heterocycles. The van der Waals surface area contributed by atoms with Crippen molar-refractivity contribution in [3.63, 3.8) is 0 Å². The van der Waals surface area contributed by atoms with E-state index in [-0.39, 0.29) is 52.4 Å². The van der Waals surface area contributed by atoms with Gasteiger partial charge in [0, 0.05) is 13.1 Å². The van der Waals surface area contributed by atoms with Gasteiger partial charge in [0.2, 0.25) is 0 Å². The van der Waals surface area contributed by atoms with E-state index in [1.807, 2.05) is 18.2 Å². The SMILES string of the molecule is COc1ccc2c(c1)C1CC1(C(=O)N1C3CCC1[I-]N(C)C3)Cn1c-2c(C2CCCCC2)c2ccc(C(=O)NS(=O)(=O)N3CCOCC3)cc21. The van der Waals surface area contributed by atoms with Crippen LogP contribution >= 0.6 is 0 Å². The van der Waals surface area contributed by atoms with Gasteiger partial charge in [0.1, 0.15) is 0 Å². The second-order valence-corrected chi connectivity index (χ2v) is 20.3. The molecule has 4 aliphatic heterocycles. The molecule has 13 heteroatoms. The summed E-state index contributed by atoms with van der Waals surface area (Å²) in [7, 11) is -0.120. The Kier molecular flexibility index (Phi) is 8.26. The predicted octanol–water partition coefficient (Wildman–Crippen LogP) is 1.43. The number of morpholine rings is 1. The Labute approximate surface area is 304 Å². The molecule has 3 aromatic rings. The number of carbonyl (C=O) groups is 2. The van der Waals surface area contributed by atoms with Crippen molar-refractivity contribution < 1.29 is 49.0 Å². The van der Waals surface area contributed by atoms with Crippen LogP contribution in [0.4, 0.5) is 0 Å². The summed E-state index contributed by atoms with van der Waals surface area (Å²) in [6.07, 6.45) is 8.72. The standard InChI is InChI=1S/C37H45IN5O6S/c1-40-21-25-9-13-32(38-40)43(25)36(45)37-20-30(37)29-19-26(48-2)10-12-27(29)34-33(23-6-4-3-5-7-23)28-11-8-24(18-31(28)42(34)22-37)35(44)39-50(46,47)41-14-16-49-17-15-41/h8,10-12,18-19,23,25,30,32H,3-7,9,13-17,20-22H2,1-2H3,(H,39,44)/q-1. The summed E-state index contributed by atoms with van der Waals surface area (Å²) in [6.45, 7) is 2.50. The van der Waals surface area contributed by atoms with E-state index in [0.717, 1.165) is 66.6 Å². The summed E-state index contributed by atoms with van der Waals surface area (Å²) in [5.41, 5.74) is 5.38. The summed E-state index contributed by atoms with van der Waals surface area (Å²) in [6, 6.07) is 12.3. The van der Waals surface area contributed by atoms with Crippen LogP contribution in [0.1, 0.15) is 84.7 Å². The van der Waals surface area contributed by atoms with Gasteiger partial charge in [-0.05, 0) is 0 Å². The molecule has 3 saturated heterocycles. The number of methoxy groups -OCH3 is 1. The van der Waals surface area contributed by atoms with Crippen LogP contribution in [-0.2, 0) is 26.3 Å². The first kappa shape index (κ1) is 33.1. The van der Waals surface area contributed by atoms with Crippen LogP contribution in [0.5, 0.6) is 5.75 Å². The van der Waals surface area contributed by atoms with Crippen molar-refractivity contribution in [3.05, 3.63) is 53.1 Å². The number of aromatic nitrogens is 1. The van der Waals surface area contributed by atoms with Crippen molar-refractivity contribution >= 4 is 32.9 Å². The number of halogens is 1. The van der Waals surface area contributed by atoms with Crippen molar-refractivity contribution in [2.24, 2.45) is 5.41 Å². The molecule has 0 spiro atoms. The van der Waals surface area contributed by atoms with E-state index in [9.17, 15) is 13.2 Å². The normalized spacial score (nSPS) is 28.6. The zero-order chi connectivity index (χ0) is 34.4. The van der Waals surface area contributed by atoms with Gasteiger partial charge in [0.05, 0.1) is 13.2 Å². The molecule has 4 unspecified atom stereocenters. The number of nitrogens with zero attached hydrogens (tertiary/aromatic N) is 4. The van der Waals surface area contributed by atoms with Crippen LogP contribution in [-0.4, -0.2) is 94.2 Å². The van der Waals surface area contributed by atoms with Gasteiger partial charge in [-0.15, -0.1) is 0 Å². The Morgan fingerprint density at radius 2 is 1.82 bits per heavy atom. The molecule has 2 aliphatic carbocycles. The van der Waals surface area contributed by atoms with Crippen LogP contribution in [0.3, 0.4) is 0 Å². The Balaban J connectivity index is 1.19. The van der Waals surface area contributed by atoms with Gasteiger partial charge < -0.3 is 4.74 Å². The summed E-state index contributed by atoms with van der Waals surface area (Å²) >= 11 is -0.250. The van der Waals surface area contributed by atoms with E-state index in [0.29, 0.717) is 35.3 Å². The van der Waals surface area contributed by atoms with Crippen molar-refractivity contribution in [1.82, 2.24) is 21.6 Å². The van der Waals surface area contributed by atoms with E-state index in [2.05, 4.69) is 36.5 Å². The van der Waals surface area contributed by atoms with Crippen LogP contribution in [0.2, 0.25) is 0 Å². The fraction of sp³-hybridized carbons (Fsp3) is 0.568. The van der Waals surface area contributed by atoms with E-state index < -0.39 is 21.5 Å². The fourth-order valence-corrected chi connectivity index (χ4v) is 14.1. The van der Waals surface area contributed by atoms with Gasteiger partial charge >= 0.3 is 262 Å². The van der Waals surface area contributed by atoms with Crippen molar-refractivity contribution in [2.45, 2.75) is 79.8 Å². The van der Waals surface area contributed by atoms with Crippen LogP contribution < -0.4 is 30.9 Å². The number of ether oxygens (including phenoxy) is 2. The third kappa shape index (κ3) is 5.31. The molecule has 4 atom stereocenters. The topological polar surface area (TPSA) is 113 Å². The molecule has 11 nitrogen and oxygen atoms in total. The predicted molar refractivity (Wildman–Crippen MR) is 185 cm³/mol. The number of likely N-dealkylation sites (N-methyl/N-ethyl adjacent to an activating group) is 1. The van der Waals surface area contributed by atoms with Gasteiger partial charge in [0.25, 0.3) is 0 Å². The maximum absolute atomic E-state index is 15.1. The average Bonchev–Trinajstić information content (AvgIpc) is 3.71. The summed E-state index contributed by atoms with van der Waals surface area (Å²) in [5, 5.41) is 1.09. The summed E-state index contributed by atoms with van der Waals surface area (Å²) in [4.78, 5) is 31.0. The molecule has 9 rings (SSSR count). The van der Waals surface area contributed by atoms with Gasteiger partial charge in [-0.25, -0.2) is 0 Å². The van der Waals surface area contributed by atoms with Crippen molar-refractivity contribution in [3.8, 4) is 17.0 Å². The molecule has 5 heterocycles. The minimum atomic E-state index is -4.03. The number of fused-ring (bicyclic) bond motifs is 9. The number of alkyl halides is 1. The molecule has 2 aromatic carbocycles. The van der Waals surface area contributed by atoms with Crippen molar-refractivity contribution in [1.29, 1.82) is 0 Å². The Morgan fingerprint density at radius 1 is 1.02 bits per heavy atom. The molecule has 5 fully saturated rings. The molecule has 2 amide bonds. The molecule has 50 heavy (non-hydrogen) atoms. The maximum atomic E-state index is 15.1. The van der Waals surface area contributed by atoms with Crippen LogP contribution in [0.15, 0.2) is 36.4 Å². The second-order valence-electron chi connectivity index (χ2n) is 15.0. The first-order valence-electron chi connectivity index (χ1n) is 18.1. The molecule has 2 saturated carbocycles. The number of hydrogen-bond acceptors (Lipinski definition) is 7. The zero-order valence-corrected chi connectivity index (χ0v) is 31.7. The summed E-state index contributed by atoms with van der Waals surface area (Å²) in [5.74, 6) is 0.873. The summed E-state index contributed by atoms with van der Waals surface area (Å²) < 4.78 is 46.2. The van der Waals surface area contributed by atoms with Gasteiger partial charge in [-0.3, -0.25) is 0 Å². The average molecular weight is 815 g/mol. The van der Waals surface area contributed by atoms with E-state index >= 15 is 4.79 Å².